The summed E-state index contributed by atoms with van der Waals surface area (Å²) in [5, 5.41) is 6.86. The van der Waals surface area contributed by atoms with Crippen LogP contribution >= 0.6 is 11.3 Å². The fraction of sp³-hybridized carbons (Fsp3) is 0.471. The normalized spacial score (nSPS) is 18.2. The minimum atomic E-state index is 0.0354. The number of thiophene rings is 1. The van der Waals surface area contributed by atoms with Crippen molar-refractivity contribution in [3.05, 3.63) is 46.2 Å². The third kappa shape index (κ3) is 4.36. The van der Waals surface area contributed by atoms with Gasteiger partial charge in [-0.05, 0) is 30.3 Å². The average molecular weight is 330 g/mol. The molecule has 1 amide bonds. The molecule has 1 aliphatic rings. The zero-order valence-electron chi connectivity index (χ0n) is 13.4. The molecular formula is C17H22N4OS. The lowest BCUT2D eigenvalue weighted by Gasteiger charge is -2.16. The van der Waals surface area contributed by atoms with Crippen molar-refractivity contribution in [1.82, 2.24) is 20.2 Å². The summed E-state index contributed by atoms with van der Waals surface area (Å²) in [6.45, 7) is 5.77. The lowest BCUT2D eigenvalue weighted by atomic mass is 10.1. The van der Waals surface area contributed by atoms with Crippen LogP contribution in [0.15, 0.2) is 29.2 Å². The van der Waals surface area contributed by atoms with Crippen LogP contribution < -0.4 is 5.32 Å². The lowest BCUT2D eigenvalue weighted by Crippen LogP contribution is -2.30. The summed E-state index contributed by atoms with van der Waals surface area (Å²) in [4.78, 5) is 23.1. The Morgan fingerprint density at radius 2 is 2.26 bits per heavy atom. The summed E-state index contributed by atoms with van der Waals surface area (Å²) >= 11 is 1.55. The van der Waals surface area contributed by atoms with Crippen LogP contribution in [0.3, 0.4) is 0 Å². The Hall–Kier alpha value is -1.79. The topological polar surface area (TPSA) is 58.1 Å². The summed E-state index contributed by atoms with van der Waals surface area (Å²) in [6.07, 6.45) is 5.85. The van der Waals surface area contributed by atoms with Gasteiger partial charge in [0.05, 0.1) is 0 Å². The predicted octanol–water partition coefficient (Wildman–Crippen LogP) is 2.35. The molecule has 0 spiro atoms. The molecule has 0 radical (unpaired) electrons. The molecule has 0 saturated carbocycles. The van der Waals surface area contributed by atoms with Crippen molar-refractivity contribution in [3.63, 3.8) is 0 Å². The quantitative estimate of drug-likeness (QED) is 0.883. The zero-order chi connectivity index (χ0) is 16.1. The molecule has 1 N–H and O–H groups in total. The monoisotopic (exact) mass is 330 g/mol. The molecule has 6 heteroatoms. The minimum Gasteiger partial charge on any atom is -0.352 e. The molecule has 2 aromatic heterocycles. The molecule has 3 rings (SSSR count). The SMILES string of the molecule is CCc1ncc(CN2CC[C@@H](CNC(=O)c3ccsc3)C2)cn1. The van der Waals surface area contributed by atoms with Crippen molar-refractivity contribution in [2.45, 2.75) is 26.3 Å². The van der Waals surface area contributed by atoms with Gasteiger partial charge in [0.25, 0.3) is 5.91 Å². The molecular weight excluding hydrogens is 308 g/mol. The average Bonchev–Trinajstić information content (AvgIpc) is 3.25. The smallest absolute Gasteiger partial charge is 0.252 e. The van der Waals surface area contributed by atoms with E-state index < -0.39 is 0 Å². The van der Waals surface area contributed by atoms with E-state index in [0.717, 1.165) is 56.0 Å². The van der Waals surface area contributed by atoms with Crippen molar-refractivity contribution < 1.29 is 4.79 Å². The summed E-state index contributed by atoms with van der Waals surface area (Å²) in [5.74, 6) is 1.45. The van der Waals surface area contributed by atoms with Gasteiger partial charge < -0.3 is 5.32 Å². The molecule has 23 heavy (non-hydrogen) atoms. The van der Waals surface area contributed by atoms with E-state index in [0.29, 0.717) is 5.92 Å². The van der Waals surface area contributed by atoms with E-state index in [4.69, 9.17) is 0 Å². The Morgan fingerprint density at radius 3 is 2.96 bits per heavy atom. The molecule has 1 saturated heterocycles. The van der Waals surface area contributed by atoms with Gasteiger partial charge >= 0.3 is 0 Å². The van der Waals surface area contributed by atoms with Gasteiger partial charge in [0.15, 0.2) is 0 Å². The molecule has 0 unspecified atom stereocenters. The summed E-state index contributed by atoms with van der Waals surface area (Å²) in [7, 11) is 0. The van der Waals surface area contributed by atoms with Crippen LogP contribution in [0, 0.1) is 5.92 Å². The van der Waals surface area contributed by atoms with Gasteiger partial charge in [-0.1, -0.05) is 6.92 Å². The molecule has 0 bridgehead atoms. The van der Waals surface area contributed by atoms with Crippen LogP contribution in [0.2, 0.25) is 0 Å². The number of carbonyl (C=O) groups excluding carboxylic acids is 1. The highest BCUT2D eigenvalue weighted by Crippen LogP contribution is 2.18. The second-order valence-electron chi connectivity index (χ2n) is 5.97. The van der Waals surface area contributed by atoms with Crippen LogP contribution in [0.5, 0.6) is 0 Å². The van der Waals surface area contributed by atoms with Gasteiger partial charge in [-0.15, -0.1) is 0 Å². The number of aryl methyl sites for hydroxylation is 1. The number of rotatable bonds is 6. The number of hydrogen-bond acceptors (Lipinski definition) is 5. The number of likely N-dealkylation sites (tertiary alicyclic amines) is 1. The van der Waals surface area contributed by atoms with Gasteiger partial charge in [0, 0.05) is 55.0 Å². The van der Waals surface area contributed by atoms with Crippen molar-refractivity contribution in [2.24, 2.45) is 5.92 Å². The fourth-order valence-corrected chi connectivity index (χ4v) is 3.50. The van der Waals surface area contributed by atoms with Crippen LogP contribution in [0.4, 0.5) is 0 Å². The maximum absolute atomic E-state index is 12.0. The largest absolute Gasteiger partial charge is 0.352 e. The van der Waals surface area contributed by atoms with Gasteiger partial charge in [0.1, 0.15) is 5.82 Å². The van der Waals surface area contributed by atoms with E-state index in [2.05, 4.69) is 27.1 Å². The van der Waals surface area contributed by atoms with E-state index >= 15 is 0 Å². The van der Waals surface area contributed by atoms with E-state index in [9.17, 15) is 4.79 Å². The van der Waals surface area contributed by atoms with Crippen LogP contribution in [0.25, 0.3) is 0 Å². The molecule has 5 nitrogen and oxygen atoms in total. The van der Waals surface area contributed by atoms with Gasteiger partial charge in [0.2, 0.25) is 0 Å². The molecule has 122 valence electrons. The van der Waals surface area contributed by atoms with Gasteiger partial charge in [-0.2, -0.15) is 11.3 Å². The van der Waals surface area contributed by atoms with E-state index in [-0.39, 0.29) is 5.91 Å². The Morgan fingerprint density at radius 1 is 1.43 bits per heavy atom. The predicted molar refractivity (Wildman–Crippen MR) is 91.4 cm³/mol. The summed E-state index contributed by atoms with van der Waals surface area (Å²) < 4.78 is 0. The Balaban J connectivity index is 1.44. The lowest BCUT2D eigenvalue weighted by molar-refractivity contribution is 0.0947. The zero-order valence-corrected chi connectivity index (χ0v) is 14.2. The third-order valence-corrected chi connectivity index (χ3v) is 4.87. The molecule has 3 heterocycles. The Labute approximate surface area is 140 Å². The molecule has 1 atom stereocenters. The second kappa shape index (κ2) is 7.66. The molecule has 1 fully saturated rings. The van der Waals surface area contributed by atoms with Gasteiger partial charge in [-0.25, -0.2) is 9.97 Å². The maximum atomic E-state index is 12.0. The first kappa shape index (κ1) is 16.1. The number of aromatic nitrogens is 2. The standard InChI is InChI=1S/C17H22N4OS/c1-2-16-18-8-14(9-19-16)11-21-5-3-13(10-21)7-20-17(22)15-4-6-23-12-15/h4,6,8-9,12-13H,2-3,5,7,10-11H2,1H3,(H,20,22)/t13-/m0/s1. The van der Waals surface area contributed by atoms with Crippen molar-refractivity contribution in [1.29, 1.82) is 0 Å². The number of nitrogens with zero attached hydrogens (tertiary/aromatic N) is 3. The van der Waals surface area contributed by atoms with Crippen molar-refractivity contribution in [3.8, 4) is 0 Å². The maximum Gasteiger partial charge on any atom is 0.252 e. The van der Waals surface area contributed by atoms with E-state index in [1.165, 1.54) is 0 Å². The van der Waals surface area contributed by atoms with Gasteiger partial charge in [-0.3, -0.25) is 9.69 Å². The number of amides is 1. The Kier molecular flexibility index (Phi) is 5.35. The first-order chi connectivity index (χ1) is 11.2. The van der Waals surface area contributed by atoms with Crippen molar-refractivity contribution >= 4 is 17.2 Å². The minimum absolute atomic E-state index is 0.0354. The van der Waals surface area contributed by atoms with Crippen molar-refractivity contribution in [2.75, 3.05) is 19.6 Å². The van der Waals surface area contributed by atoms with Crippen LogP contribution in [0.1, 0.15) is 35.1 Å². The molecule has 0 aliphatic carbocycles. The molecule has 2 aromatic rings. The second-order valence-corrected chi connectivity index (χ2v) is 6.75. The first-order valence-electron chi connectivity index (χ1n) is 8.07. The van der Waals surface area contributed by atoms with E-state index in [1.54, 1.807) is 11.3 Å². The highest BCUT2D eigenvalue weighted by Gasteiger charge is 2.23. The highest BCUT2D eigenvalue weighted by molar-refractivity contribution is 7.08. The number of hydrogen-bond donors (Lipinski definition) is 1. The molecule has 1 aliphatic heterocycles. The van der Waals surface area contributed by atoms with Crippen LogP contribution in [-0.4, -0.2) is 40.4 Å². The summed E-state index contributed by atoms with van der Waals surface area (Å²) in [5.41, 5.74) is 1.92. The van der Waals surface area contributed by atoms with Crippen LogP contribution in [-0.2, 0) is 13.0 Å². The summed E-state index contributed by atoms with van der Waals surface area (Å²) in [6, 6.07) is 1.86. The molecule has 0 aromatic carbocycles. The third-order valence-electron chi connectivity index (χ3n) is 4.19. The number of carbonyl (C=O) groups is 1. The Bertz CT molecular complexity index is 627. The highest BCUT2D eigenvalue weighted by atomic mass is 32.1. The first-order valence-corrected chi connectivity index (χ1v) is 9.01. The fourth-order valence-electron chi connectivity index (χ4n) is 2.86. The van der Waals surface area contributed by atoms with E-state index in [1.807, 2.05) is 29.2 Å². The number of nitrogens with one attached hydrogen (secondary N) is 1.